The van der Waals surface area contributed by atoms with Crippen molar-refractivity contribution in [2.24, 2.45) is 11.8 Å². The molecule has 2 unspecified atom stereocenters. The standard InChI is InChI=1S/C14H23N3O4/c1-2-15-14(21)17-7-5-16(6-8-17)12(18)10-3-4-11(9-10)13(19)20/h10-11H,2-9H2,1H3,(H,15,21)(H,19,20). The van der Waals surface area contributed by atoms with Crippen LogP contribution in [0.25, 0.3) is 0 Å². The largest absolute Gasteiger partial charge is 0.481 e. The van der Waals surface area contributed by atoms with Gasteiger partial charge in [-0.25, -0.2) is 4.79 Å². The monoisotopic (exact) mass is 297 g/mol. The highest BCUT2D eigenvalue weighted by molar-refractivity contribution is 5.81. The van der Waals surface area contributed by atoms with Gasteiger partial charge in [0.1, 0.15) is 0 Å². The van der Waals surface area contributed by atoms with E-state index in [-0.39, 0.29) is 23.8 Å². The van der Waals surface area contributed by atoms with Crippen LogP contribution in [0.1, 0.15) is 26.2 Å². The van der Waals surface area contributed by atoms with Crippen molar-refractivity contribution in [2.75, 3.05) is 32.7 Å². The van der Waals surface area contributed by atoms with Crippen molar-refractivity contribution in [3.63, 3.8) is 0 Å². The molecule has 0 bridgehead atoms. The van der Waals surface area contributed by atoms with Gasteiger partial charge in [0.25, 0.3) is 0 Å². The lowest BCUT2D eigenvalue weighted by molar-refractivity contribution is -0.141. The van der Waals surface area contributed by atoms with Crippen LogP contribution in [0.5, 0.6) is 0 Å². The highest BCUT2D eigenvalue weighted by Crippen LogP contribution is 2.32. The first-order valence-electron chi connectivity index (χ1n) is 7.57. The Kier molecular flexibility index (Phi) is 5.03. The minimum Gasteiger partial charge on any atom is -0.481 e. The summed E-state index contributed by atoms with van der Waals surface area (Å²) in [5.74, 6) is -1.29. The maximum atomic E-state index is 12.4. The Morgan fingerprint density at radius 1 is 1.05 bits per heavy atom. The molecular weight excluding hydrogens is 274 g/mol. The number of carbonyl (C=O) groups is 3. The van der Waals surface area contributed by atoms with E-state index in [4.69, 9.17) is 5.11 Å². The molecule has 0 aromatic rings. The van der Waals surface area contributed by atoms with Gasteiger partial charge in [0.2, 0.25) is 5.91 Å². The van der Waals surface area contributed by atoms with Gasteiger partial charge in [-0.1, -0.05) is 0 Å². The first kappa shape index (κ1) is 15.6. The smallest absolute Gasteiger partial charge is 0.317 e. The van der Waals surface area contributed by atoms with Crippen LogP contribution in [0.3, 0.4) is 0 Å². The molecular formula is C14H23N3O4. The Morgan fingerprint density at radius 3 is 2.14 bits per heavy atom. The van der Waals surface area contributed by atoms with Gasteiger partial charge < -0.3 is 20.2 Å². The van der Waals surface area contributed by atoms with E-state index < -0.39 is 5.97 Å². The zero-order chi connectivity index (χ0) is 15.4. The molecule has 2 rings (SSSR count). The van der Waals surface area contributed by atoms with Crippen LogP contribution < -0.4 is 5.32 Å². The molecule has 0 radical (unpaired) electrons. The molecule has 1 saturated heterocycles. The van der Waals surface area contributed by atoms with Gasteiger partial charge in [-0.15, -0.1) is 0 Å². The number of hydrogen-bond acceptors (Lipinski definition) is 3. The van der Waals surface area contributed by atoms with Crippen LogP contribution in [0, 0.1) is 11.8 Å². The number of nitrogens with one attached hydrogen (secondary N) is 1. The van der Waals surface area contributed by atoms with E-state index in [9.17, 15) is 14.4 Å². The molecule has 7 nitrogen and oxygen atoms in total. The van der Waals surface area contributed by atoms with E-state index in [1.807, 2.05) is 6.92 Å². The Labute approximate surface area is 124 Å². The number of rotatable bonds is 3. The van der Waals surface area contributed by atoms with E-state index in [1.165, 1.54) is 0 Å². The molecule has 1 aliphatic heterocycles. The molecule has 118 valence electrons. The fourth-order valence-electron chi connectivity index (χ4n) is 3.08. The SMILES string of the molecule is CCNC(=O)N1CCN(C(=O)C2CCC(C(=O)O)C2)CC1. The summed E-state index contributed by atoms with van der Waals surface area (Å²) in [6.07, 6.45) is 1.70. The Morgan fingerprint density at radius 2 is 1.62 bits per heavy atom. The van der Waals surface area contributed by atoms with Crippen molar-refractivity contribution in [1.29, 1.82) is 0 Å². The van der Waals surface area contributed by atoms with Crippen molar-refractivity contribution >= 4 is 17.9 Å². The molecule has 0 aromatic heterocycles. The molecule has 0 aromatic carbocycles. The van der Waals surface area contributed by atoms with Gasteiger partial charge in [-0.2, -0.15) is 0 Å². The Hall–Kier alpha value is -1.79. The number of nitrogens with zero attached hydrogens (tertiary/aromatic N) is 2. The number of carboxylic acid groups (broad SMARTS) is 1. The second-order valence-corrected chi connectivity index (χ2v) is 5.69. The number of urea groups is 1. The van der Waals surface area contributed by atoms with E-state index in [0.717, 1.165) is 0 Å². The normalized spacial score (nSPS) is 25.8. The lowest BCUT2D eigenvalue weighted by atomic mass is 10.0. The van der Waals surface area contributed by atoms with Gasteiger partial charge in [0.05, 0.1) is 5.92 Å². The summed E-state index contributed by atoms with van der Waals surface area (Å²) in [6.45, 7) is 4.60. The third-order valence-electron chi connectivity index (χ3n) is 4.34. The predicted molar refractivity (Wildman–Crippen MR) is 75.7 cm³/mol. The van der Waals surface area contributed by atoms with Gasteiger partial charge in [-0.05, 0) is 26.2 Å². The van der Waals surface area contributed by atoms with E-state index in [1.54, 1.807) is 9.80 Å². The van der Waals surface area contributed by atoms with Crippen LogP contribution in [-0.2, 0) is 9.59 Å². The van der Waals surface area contributed by atoms with Gasteiger partial charge in [-0.3, -0.25) is 9.59 Å². The predicted octanol–water partition coefficient (Wildman–Crippen LogP) is 0.361. The number of aliphatic carboxylic acids is 1. The lowest BCUT2D eigenvalue weighted by Gasteiger charge is -2.35. The zero-order valence-corrected chi connectivity index (χ0v) is 12.4. The topological polar surface area (TPSA) is 90.0 Å². The maximum Gasteiger partial charge on any atom is 0.317 e. The fraction of sp³-hybridized carbons (Fsp3) is 0.786. The maximum absolute atomic E-state index is 12.4. The van der Waals surface area contributed by atoms with Gasteiger partial charge in [0.15, 0.2) is 0 Å². The van der Waals surface area contributed by atoms with Crippen molar-refractivity contribution < 1.29 is 19.5 Å². The number of carbonyl (C=O) groups excluding carboxylic acids is 2. The number of amides is 3. The average molecular weight is 297 g/mol. The molecule has 21 heavy (non-hydrogen) atoms. The highest BCUT2D eigenvalue weighted by Gasteiger charge is 2.36. The molecule has 3 amide bonds. The zero-order valence-electron chi connectivity index (χ0n) is 12.4. The summed E-state index contributed by atoms with van der Waals surface area (Å²) >= 11 is 0. The van der Waals surface area contributed by atoms with E-state index >= 15 is 0 Å². The average Bonchev–Trinajstić information content (AvgIpc) is 2.97. The summed E-state index contributed by atoms with van der Waals surface area (Å²) in [7, 11) is 0. The van der Waals surface area contributed by atoms with Crippen LogP contribution in [-0.4, -0.2) is 65.5 Å². The second-order valence-electron chi connectivity index (χ2n) is 5.69. The number of carboxylic acids is 1. The van der Waals surface area contributed by atoms with Crippen LogP contribution in [0.2, 0.25) is 0 Å². The molecule has 0 spiro atoms. The fourth-order valence-corrected chi connectivity index (χ4v) is 3.08. The molecule has 2 atom stereocenters. The molecule has 1 saturated carbocycles. The van der Waals surface area contributed by atoms with Crippen LogP contribution in [0.15, 0.2) is 0 Å². The van der Waals surface area contributed by atoms with Crippen molar-refractivity contribution in [2.45, 2.75) is 26.2 Å². The van der Waals surface area contributed by atoms with Gasteiger partial charge >= 0.3 is 12.0 Å². The number of piperazine rings is 1. The highest BCUT2D eigenvalue weighted by atomic mass is 16.4. The second kappa shape index (κ2) is 6.78. The van der Waals surface area contributed by atoms with Gasteiger partial charge in [0, 0.05) is 38.6 Å². The molecule has 2 fully saturated rings. The first-order chi connectivity index (χ1) is 10.0. The lowest BCUT2D eigenvalue weighted by Crippen LogP contribution is -2.54. The van der Waals surface area contributed by atoms with E-state index in [0.29, 0.717) is 52.0 Å². The first-order valence-corrected chi connectivity index (χ1v) is 7.57. The third kappa shape index (κ3) is 3.65. The molecule has 1 heterocycles. The Bertz CT molecular complexity index is 418. The van der Waals surface area contributed by atoms with Crippen molar-refractivity contribution in [1.82, 2.24) is 15.1 Å². The minimum absolute atomic E-state index is 0.0503. The summed E-state index contributed by atoms with van der Waals surface area (Å²) in [5, 5.41) is 11.7. The third-order valence-corrected chi connectivity index (χ3v) is 4.34. The molecule has 1 aliphatic carbocycles. The summed E-state index contributed by atoms with van der Waals surface area (Å²) in [6, 6.07) is -0.0867. The number of hydrogen-bond donors (Lipinski definition) is 2. The summed E-state index contributed by atoms with van der Waals surface area (Å²) in [5.41, 5.74) is 0. The quantitative estimate of drug-likeness (QED) is 0.787. The molecule has 2 N–H and O–H groups in total. The van der Waals surface area contributed by atoms with Crippen molar-refractivity contribution in [3.05, 3.63) is 0 Å². The van der Waals surface area contributed by atoms with Crippen molar-refractivity contribution in [3.8, 4) is 0 Å². The van der Waals surface area contributed by atoms with Crippen LogP contribution >= 0.6 is 0 Å². The molecule has 2 aliphatic rings. The molecule has 7 heteroatoms. The Balaban J connectivity index is 1.81. The van der Waals surface area contributed by atoms with E-state index in [2.05, 4.69) is 5.32 Å². The minimum atomic E-state index is -0.800. The summed E-state index contributed by atoms with van der Waals surface area (Å²) in [4.78, 5) is 38.5. The van der Waals surface area contributed by atoms with Crippen LogP contribution in [0.4, 0.5) is 4.79 Å². The summed E-state index contributed by atoms with van der Waals surface area (Å²) < 4.78 is 0.